The summed E-state index contributed by atoms with van der Waals surface area (Å²) in [6.45, 7) is 1.61. The molecule has 0 radical (unpaired) electrons. The second-order valence-corrected chi connectivity index (χ2v) is 7.77. The molecule has 1 N–H and O–H groups in total. The Morgan fingerprint density at radius 1 is 1.27 bits per heavy atom. The van der Waals surface area contributed by atoms with Crippen LogP contribution in [0.1, 0.15) is 58.9 Å². The fourth-order valence-electron chi connectivity index (χ4n) is 3.83. The Kier molecular flexibility index (Phi) is 7.26. The maximum atomic E-state index is 12.5. The summed E-state index contributed by atoms with van der Waals surface area (Å²) >= 11 is 0. The molecule has 0 atom stereocenters. The van der Waals surface area contributed by atoms with Gasteiger partial charge >= 0.3 is 12.1 Å². The molecule has 1 aliphatic rings. The molecule has 33 heavy (non-hydrogen) atoms. The third kappa shape index (κ3) is 5.83. The molecule has 1 saturated carbocycles. The highest BCUT2D eigenvalue weighted by molar-refractivity contribution is 5.96. The average molecular weight is 464 g/mol. The quantitative estimate of drug-likeness (QED) is 0.615. The number of rotatable bonds is 7. The summed E-state index contributed by atoms with van der Waals surface area (Å²) in [6.07, 6.45) is 0.537. The summed E-state index contributed by atoms with van der Waals surface area (Å²) in [7, 11) is 0. The van der Waals surface area contributed by atoms with Crippen LogP contribution in [0.15, 0.2) is 18.3 Å². The van der Waals surface area contributed by atoms with Crippen LogP contribution in [0.25, 0.3) is 0 Å². The molecule has 0 bridgehead atoms. The van der Waals surface area contributed by atoms with Crippen LogP contribution < -0.4 is 10.1 Å². The minimum atomic E-state index is -4.51. The maximum absolute atomic E-state index is 12.5. The van der Waals surface area contributed by atoms with Crippen LogP contribution in [0.4, 0.5) is 19.0 Å². The van der Waals surface area contributed by atoms with Crippen molar-refractivity contribution in [2.45, 2.75) is 51.7 Å². The number of nitriles is 1. The van der Waals surface area contributed by atoms with Crippen LogP contribution in [0.5, 0.6) is 5.88 Å². The van der Waals surface area contributed by atoms with Crippen molar-refractivity contribution < 1.29 is 32.2 Å². The van der Waals surface area contributed by atoms with Crippen LogP contribution in [0.3, 0.4) is 0 Å². The number of halogens is 3. The van der Waals surface area contributed by atoms with Crippen molar-refractivity contribution in [3.8, 4) is 11.9 Å². The van der Waals surface area contributed by atoms with Crippen LogP contribution in [-0.4, -0.2) is 40.8 Å². The molecule has 0 unspecified atom stereocenters. The second-order valence-electron chi connectivity index (χ2n) is 7.77. The van der Waals surface area contributed by atoms with Gasteiger partial charge in [0.2, 0.25) is 5.88 Å². The molecule has 0 spiro atoms. The molecule has 0 aliphatic heterocycles. The summed E-state index contributed by atoms with van der Waals surface area (Å²) in [4.78, 5) is 28.3. The van der Waals surface area contributed by atoms with Gasteiger partial charge in [0.1, 0.15) is 11.9 Å². The molecular weight excluding hydrogens is 441 g/mol. The van der Waals surface area contributed by atoms with Crippen molar-refractivity contribution in [2.75, 3.05) is 18.5 Å². The molecule has 11 heteroatoms. The van der Waals surface area contributed by atoms with Crippen LogP contribution in [-0.2, 0) is 9.53 Å². The first-order chi connectivity index (χ1) is 15.6. The van der Waals surface area contributed by atoms with Crippen molar-refractivity contribution in [1.82, 2.24) is 9.55 Å². The molecule has 2 aromatic heterocycles. The number of hydrogen-bond acceptors (Lipinski definition) is 6. The third-order valence-corrected chi connectivity index (χ3v) is 5.51. The van der Waals surface area contributed by atoms with E-state index in [-0.39, 0.29) is 17.5 Å². The number of aromatic nitrogens is 2. The van der Waals surface area contributed by atoms with E-state index in [9.17, 15) is 28.0 Å². The topological polar surface area (TPSA) is 106 Å². The van der Waals surface area contributed by atoms with Crippen molar-refractivity contribution >= 4 is 17.7 Å². The summed E-state index contributed by atoms with van der Waals surface area (Å²) in [5.41, 5.74) is 2.01. The lowest BCUT2D eigenvalue weighted by atomic mass is 10.2. The molecule has 2 aromatic rings. The van der Waals surface area contributed by atoms with Gasteiger partial charge in [0.05, 0.1) is 11.1 Å². The van der Waals surface area contributed by atoms with Crippen molar-refractivity contribution in [3.05, 3.63) is 40.7 Å². The summed E-state index contributed by atoms with van der Waals surface area (Å²) < 4.78 is 48.0. The molecule has 1 fully saturated rings. The Morgan fingerprint density at radius 3 is 2.55 bits per heavy atom. The summed E-state index contributed by atoms with van der Waals surface area (Å²) in [5, 5.41) is 12.3. The standard InChI is InChI=1S/C22H23F3N4O4/c1-13-14(2)29(16-5-3-4-6-16)20(17(13)9-26)28-18(30)11-32-21(31)15-7-8-19(27-10-15)33-12-22(23,24)25/h7-8,10,16H,3-6,11-12H2,1-2H3,(H,28,30). The van der Waals surface area contributed by atoms with Crippen LogP contribution in [0, 0.1) is 25.2 Å². The van der Waals surface area contributed by atoms with Crippen LogP contribution >= 0.6 is 0 Å². The molecular formula is C22H23F3N4O4. The van der Waals surface area contributed by atoms with E-state index in [1.54, 1.807) is 0 Å². The minimum Gasteiger partial charge on any atom is -0.468 e. The first-order valence-electron chi connectivity index (χ1n) is 10.3. The summed E-state index contributed by atoms with van der Waals surface area (Å²) in [5.74, 6) is -1.40. The van der Waals surface area contributed by atoms with E-state index in [4.69, 9.17) is 4.74 Å². The molecule has 0 aromatic carbocycles. The second kappa shape index (κ2) is 9.94. The normalized spacial score (nSPS) is 14.1. The number of nitrogens with one attached hydrogen (secondary N) is 1. The van der Waals surface area contributed by atoms with Gasteiger partial charge in [-0.25, -0.2) is 9.78 Å². The van der Waals surface area contributed by atoms with Gasteiger partial charge in [-0.15, -0.1) is 0 Å². The number of amides is 1. The van der Waals surface area contributed by atoms with Crippen molar-refractivity contribution in [1.29, 1.82) is 5.26 Å². The molecule has 1 amide bonds. The van der Waals surface area contributed by atoms with Gasteiger partial charge in [-0.05, 0) is 38.3 Å². The van der Waals surface area contributed by atoms with Crippen molar-refractivity contribution in [3.63, 3.8) is 0 Å². The average Bonchev–Trinajstić information content (AvgIpc) is 3.37. The van der Waals surface area contributed by atoms with E-state index in [2.05, 4.69) is 21.1 Å². The molecule has 2 heterocycles. The molecule has 8 nitrogen and oxygen atoms in total. The molecule has 0 saturated heterocycles. The lowest BCUT2D eigenvalue weighted by molar-refractivity contribution is -0.154. The van der Waals surface area contributed by atoms with Gasteiger partial charge in [0.25, 0.3) is 5.91 Å². The zero-order chi connectivity index (χ0) is 24.2. The van der Waals surface area contributed by atoms with E-state index in [1.807, 2.05) is 18.4 Å². The van der Waals surface area contributed by atoms with E-state index >= 15 is 0 Å². The van der Waals surface area contributed by atoms with E-state index in [0.29, 0.717) is 11.4 Å². The van der Waals surface area contributed by atoms with Gasteiger partial charge in [0.15, 0.2) is 13.2 Å². The Bertz CT molecular complexity index is 1070. The highest BCUT2D eigenvalue weighted by atomic mass is 19.4. The van der Waals surface area contributed by atoms with Crippen LogP contribution in [0.2, 0.25) is 0 Å². The third-order valence-electron chi connectivity index (χ3n) is 5.51. The fraction of sp³-hybridized carbons (Fsp3) is 0.455. The number of esters is 1. The maximum Gasteiger partial charge on any atom is 0.422 e. The highest BCUT2D eigenvalue weighted by Crippen LogP contribution is 2.37. The zero-order valence-corrected chi connectivity index (χ0v) is 18.2. The first-order valence-corrected chi connectivity index (χ1v) is 10.3. The zero-order valence-electron chi connectivity index (χ0n) is 18.2. The number of pyridine rings is 1. The lowest BCUT2D eigenvalue weighted by Crippen LogP contribution is -2.24. The largest absolute Gasteiger partial charge is 0.468 e. The summed E-state index contributed by atoms with van der Waals surface area (Å²) in [6, 6.07) is 4.61. The van der Waals surface area contributed by atoms with E-state index < -0.39 is 31.3 Å². The van der Waals surface area contributed by atoms with Gasteiger partial charge < -0.3 is 19.4 Å². The Morgan fingerprint density at radius 2 is 1.97 bits per heavy atom. The molecule has 176 valence electrons. The smallest absolute Gasteiger partial charge is 0.422 e. The number of alkyl halides is 3. The number of anilines is 1. The van der Waals surface area contributed by atoms with Gasteiger partial charge in [-0.1, -0.05) is 12.8 Å². The first kappa shape index (κ1) is 24.1. The predicted octanol–water partition coefficient (Wildman–Crippen LogP) is 4.22. The monoisotopic (exact) mass is 464 g/mol. The fourth-order valence-corrected chi connectivity index (χ4v) is 3.83. The Labute approximate surface area is 188 Å². The minimum absolute atomic E-state index is 0.0547. The van der Waals surface area contributed by atoms with E-state index in [0.717, 1.165) is 49.2 Å². The SMILES string of the molecule is Cc1c(C#N)c(NC(=O)COC(=O)c2ccc(OCC(F)(F)F)nc2)n(C2CCCC2)c1C. The predicted molar refractivity (Wildman–Crippen MR) is 111 cm³/mol. The highest BCUT2D eigenvalue weighted by Gasteiger charge is 2.29. The Balaban J connectivity index is 1.62. The lowest BCUT2D eigenvalue weighted by Gasteiger charge is -2.19. The number of hydrogen-bond donors (Lipinski definition) is 1. The van der Waals surface area contributed by atoms with Gasteiger partial charge in [-0.3, -0.25) is 4.79 Å². The van der Waals surface area contributed by atoms with E-state index in [1.165, 1.54) is 6.07 Å². The molecule has 1 aliphatic carbocycles. The van der Waals surface area contributed by atoms with Gasteiger partial charge in [0, 0.05) is 24.0 Å². The number of nitrogens with zero attached hydrogens (tertiary/aromatic N) is 3. The Hall–Kier alpha value is -3.55. The van der Waals surface area contributed by atoms with Crippen molar-refractivity contribution in [2.24, 2.45) is 0 Å². The number of ether oxygens (including phenoxy) is 2. The van der Waals surface area contributed by atoms with Gasteiger partial charge in [-0.2, -0.15) is 18.4 Å². The molecule has 3 rings (SSSR count). The number of carbonyl (C=O) groups is 2. The number of carbonyl (C=O) groups excluding carboxylic acids is 2.